The third kappa shape index (κ3) is 2.42. The number of anilines is 1. The summed E-state index contributed by atoms with van der Waals surface area (Å²) in [5.74, 6) is 0.537. The maximum Gasteiger partial charge on any atom is 0.152 e. The normalized spacial score (nSPS) is 23.7. The lowest BCUT2D eigenvalue weighted by atomic mass is 10.2. The van der Waals surface area contributed by atoms with E-state index < -0.39 is 0 Å². The van der Waals surface area contributed by atoms with Crippen molar-refractivity contribution in [1.29, 1.82) is 0 Å². The first-order valence-corrected chi connectivity index (χ1v) is 5.81. The van der Waals surface area contributed by atoms with Gasteiger partial charge in [-0.25, -0.2) is 10.0 Å². The Balaban J connectivity index is 2.06. The van der Waals surface area contributed by atoms with Crippen molar-refractivity contribution < 1.29 is 9.94 Å². The number of halogens is 1. The molecule has 5 heteroatoms. The van der Waals surface area contributed by atoms with Crippen LogP contribution >= 0.6 is 15.9 Å². The summed E-state index contributed by atoms with van der Waals surface area (Å²) >= 11 is 3.30. The van der Waals surface area contributed by atoms with E-state index in [9.17, 15) is 5.21 Å². The van der Waals surface area contributed by atoms with Crippen molar-refractivity contribution in [1.82, 2.24) is 4.98 Å². The van der Waals surface area contributed by atoms with E-state index in [1.54, 1.807) is 19.4 Å². The quantitative estimate of drug-likeness (QED) is 0.684. The standard InChI is InChI=1S/C11H13BrN2O2/c1-16-10-4-3-9(6-10)14(15)11-5-2-8(12)7-13-11/h2-5,7,9-10,15H,6H2,1H3/t9-,10?/m1/s1. The largest absolute Gasteiger partial charge is 0.377 e. The average molecular weight is 285 g/mol. The van der Waals surface area contributed by atoms with E-state index in [4.69, 9.17) is 4.74 Å². The van der Waals surface area contributed by atoms with Gasteiger partial charge in [-0.2, -0.15) is 0 Å². The fourth-order valence-corrected chi connectivity index (χ4v) is 1.91. The Morgan fingerprint density at radius 1 is 1.50 bits per heavy atom. The van der Waals surface area contributed by atoms with E-state index in [1.165, 1.54) is 5.06 Å². The first kappa shape index (κ1) is 11.6. The molecule has 2 rings (SSSR count). The summed E-state index contributed by atoms with van der Waals surface area (Å²) in [6.07, 6.45) is 6.36. The number of ether oxygens (including phenoxy) is 1. The number of aromatic nitrogens is 1. The Kier molecular flexibility index (Phi) is 3.58. The highest BCUT2D eigenvalue weighted by atomic mass is 79.9. The molecular weight excluding hydrogens is 272 g/mol. The maximum absolute atomic E-state index is 9.97. The minimum atomic E-state index is -0.0707. The SMILES string of the molecule is COC1C=C[C@@H](N(O)c2ccc(Br)cn2)C1. The van der Waals surface area contributed by atoms with Gasteiger partial charge in [0.05, 0.1) is 12.1 Å². The third-order valence-corrected chi connectivity index (χ3v) is 3.05. The van der Waals surface area contributed by atoms with Crippen molar-refractivity contribution in [2.75, 3.05) is 12.2 Å². The van der Waals surface area contributed by atoms with E-state index in [1.807, 2.05) is 18.2 Å². The molecule has 4 nitrogen and oxygen atoms in total. The fraction of sp³-hybridized carbons (Fsp3) is 0.364. The van der Waals surface area contributed by atoms with Crippen LogP contribution < -0.4 is 5.06 Å². The molecule has 0 saturated heterocycles. The van der Waals surface area contributed by atoms with Gasteiger partial charge in [-0.1, -0.05) is 12.2 Å². The number of hydrogen-bond acceptors (Lipinski definition) is 4. The van der Waals surface area contributed by atoms with Crippen molar-refractivity contribution in [2.24, 2.45) is 0 Å². The van der Waals surface area contributed by atoms with Crippen molar-refractivity contribution in [3.63, 3.8) is 0 Å². The van der Waals surface area contributed by atoms with Gasteiger partial charge in [0, 0.05) is 24.2 Å². The Morgan fingerprint density at radius 2 is 2.31 bits per heavy atom. The molecule has 2 atom stereocenters. The van der Waals surface area contributed by atoms with Gasteiger partial charge in [0.15, 0.2) is 5.82 Å². The van der Waals surface area contributed by atoms with Gasteiger partial charge in [-0.3, -0.25) is 5.21 Å². The molecule has 0 saturated carbocycles. The summed E-state index contributed by atoms with van der Waals surface area (Å²) in [5, 5.41) is 11.1. The number of pyridine rings is 1. The molecule has 86 valence electrons. The average Bonchev–Trinajstić information content (AvgIpc) is 2.77. The van der Waals surface area contributed by atoms with Crippen LogP contribution in [-0.2, 0) is 4.74 Å². The van der Waals surface area contributed by atoms with Crippen molar-refractivity contribution in [3.8, 4) is 0 Å². The summed E-state index contributed by atoms with van der Waals surface area (Å²) in [4.78, 5) is 4.13. The van der Waals surface area contributed by atoms with E-state index in [0.29, 0.717) is 5.82 Å². The van der Waals surface area contributed by atoms with Gasteiger partial charge in [-0.15, -0.1) is 0 Å². The molecule has 1 aromatic heterocycles. The molecule has 1 aliphatic carbocycles. The van der Waals surface area contributed by atoms with Gasteiger partial charge in [-0.05, 0) is 28.1 Å². The minimum Gasteiger partial charge on any atom is -0.377 e. The van der Waals surface area contributed by atoms with Crippen LogP contribution in [0.15, 0.2) is 35.0 Å². The number of nitrogens with zero attached hydrogens (tertiary/aromatic N) is 2. The van der Waals surface area contributed by atoms with Crippen LogP contribution in [0, 0.1) is 0 Å². The second-order valence-electron chi connectivity index (χ2n) is 3.64. The van der Waals surface area contributed by atoms with Crippen molar-refractivity contribution >= 4 is 21.7 Å². The molecule has 0 amide bonds. The zero-order chi connectivity index (χ0) is 11.5. The van der Waals surface area contributed by atoms with Gasteiger partial charge < -0.3 is 4.74 Å². The van der Waals surface area contributed by atoms with E-state index in [0.717, 1.165) is 10.9 Å². The molecular formula is C11H13BrN2O2. The fourth-order valence-electron chi connectivity index (χ4n) is 1.68. The zero-order valence-electron chi connectivity index (χ0n) is 8.88. The lowest BCUT2D eigenvalue weighted by molar-refractivity contribution is 0.126. The highest BCUT2D eigenvalue weighted by Gasteiger charge is 2.24. The molecule has 1 aromatic rings. The summed E-state index contributed by atoms with van der Waals surface area (Å²) in [6, 6.07) is 3.54. The van der Waals surface area contributed by atoms with E-state index in [2.05, 4.69) is 20.9 Å². The summed E-state index contributed by atoms with van der Waals surface area (Å²) in [5.41, 5.74) is 0. The van der Waals surface area contributed by atoms with Gasteiger partial charge in [0.2, 0.25) is 0 Å². The van der Waals surface area contributed by atoms with Gasteiger partial charge >= 0.3 is 0 Å². The zero-order valence-corrected chi connectivity index (χ0v) is 10.5. The van der Waals surface area contributed by atoms with Crippen LogP contribution in [0.4, 0.5) is 5.82 Å². The first-order valence-electron chi connectivity index (χ1n) is 5.01. The molecule has 0 fully saturated rings. The molecule has 0 radical (unpaired) electrons. The predicted molar refractivity (Wildman–Crippen MR) is 64.5 cm³/mol. The molecule has 0 aromatic carbocycles. The third-order valence-electron chi connectivity index (χ3n) is 2.59. The molecule has 1 heterocycles. The van der Waals surface area contributed by atoms with Crippen molar-refractivity contribution in [3.05, 3.63) is 35.0 Å². The number of hydroxylamine groups is 1. The Hall–Kier alpha value is -0.910. The molecule has 0 aliphatic heterocycles. The van der Waals surface area contributed by atoms with Crippen LogP contribution in [0.3, 0.4) is 0 Å². The second-order valence-corrected chi connectivity index (χ2v) is 4.56. The van der Waals surface area contributed by atoms with E-state index in [-0.39, 0.29) is 12.1 Å². The Labute approximate surface area is 103 Å². The lowest BCUT2D eigenvalue weighted by Gasteiger charge is -2.22. The number of rotatable bonds is 3. The van der Waals surface area contributed by atoms with Crippen molar-refractivity contribution in [2.45, 2.75) is 18.6 Å². The lowest BCUT2D eigenvalue weighted by Crippen LogP contribution is -2.31. The topological polar surface area (TPSA) is 45.6 Å². The highest BCUT2D eigenvalue weighted by Crippen LogP contribution is 2.22. The van der Waals surface area contributed by atoms with Crippen LogP contribution in [0.1, 0.15) is 6.42 Å². The van der Waals surface area contributed by atoms with Gasteiger partial charge in [0.1, 0.15) is 0 Å². The maximum atomic E-state index is 9.97. The summed E-state index contributed by atoms with van der Waals surface area (Å²) in [7, 11) is 1.66. The molecule has 0 bridgehead atoms. The summed E-state index contributed by atoms with van der Waals surface area (Å²) in [6.45, 7) is 0. The second kappa shape index (κ2) is 4.95. The molecule has 0 spiro atoms. The first-order chi connectivity index (χ1) is 7.70. The predicted octanol–water partition coefficient (Wildman–Crippen LogP) is 2.38. The molecule has 1 aliphatic rings. The smallest absolute Gasteiger partial charge is 0.152 e. The molecule has 16 heavy (non-hydrogen) atoms. The minimum absolute atomic E-state index is 0.0707. The highest BCUT2D eigenvalue weighted by molar-refractivity contribution is 9.10. The molecule has 1 N–H and O–H groups in total. The van der Waals surface area contributed by atoms with E-state index >= 15 is 0 Å². The molecule has 1 unspecified atom stereocenters. The van der Waals surface area contributed by atoms with Crippen LogP contribution in [0.25, 0.3) is 0 Å². The number of methoxy groups -OCH3 is 1. The number of hydrogen-bond donors (Lipinski definition) is 1. The van der Waals surface area contributed by atoms with Crippen LogP contribution in [-0.4, -0.2) is 29.4 Å². The monoisotopic (exact) mass is 284 g/mol. The summed E-state index contributed by atoms with van der Waals surface area (Å²) < 4.78 is 6.08. The van der Waals surface area contributed by atoms with Gasteiger partial charge in [0.25, 0.3) is 0 Å². The van der Waals surface area contributed by atoms with Crippen LogP contribution in [0.2, 0.25) is 0 Å². The Bertz CT molecular complexity index is 380. The van der Waals surface area contributed by atoms with Crippen LogP contribution in [0.5, 0.6) is 0 Å². The Morgan fingerprint density at radius 3 is 2.88 bits per heavy atom.